The first-order chi connectivity index (χ1) is 11.3. The van der Waals surface area contributed by atoms with Crippen LogP contribution in [0.1, 0.15) is 11.5 Å². The molecule has 0 bridgehead atoms. The number of hydrogen-bond acceptors (Lipinski definition) is 6. The highest BCUT2D eigenvalue weighted by Crippen LogP contribution is 2.27. The maximum atomic E-state index is 5.68. The van der Waals surface area contributed by atoms with Crippen LogP contribution in [-0.2, 0) is 6.54 Å². The minimum atomic E-state index is 0.457. The topological polar surface area (TPSA) is 63.8 Å². The molecule has 0 amide bonds. The van der Waals surface area contributed by atoms with Crippen LogP contribution in [0.3, 0.4) is 0 Å². The van der Waals surface area contributed by atoms with Crippen LogP contribution in [0.25, 0.3) is 21.7 Å². The molecule has 0 saturated heterocycles. The van der Waals surface area contributed by atoms with E-state index in [1.165, 1.54) is 10.3 Å². The van der Waals surface area contributed by atoms with Crippen molar-refractivity contribution in [2.75, 3.05) is 5.32 Å². The molecule has 0 aliphatic rings. The van der Waals surface area contributed by atoms with Crippen LogP contribution < -0.4 is 5.32 Å². The number of rotatable bonds is 4. The van der Waals surface area contributed by atoms with Crippen molar-refractivity contribution in [3.8, 4) is 11.5 Å². The molecule has 0 radical (unpaired) electrons. The number of hydrogen-bond donors (Lipinski definition) is 1. The number of nitrogens with one attached hydrogen (secondary N) is 1. The Morgan fingerprint density at radius 1 is 1.09 bits per heavy atom. The van der Waals surface area contributed by atoms with Gasteiger partial charge in [0.2, 0.25) is 11.8 Å². The Kier molecular flexibility index (Phi) is 3.51. The zero-order valence-electron chi connectivity index (χ0n) is 12.5. The zero-order valence-corrected chi connectivity index (χ0v) is 13.3. The molecule has 4 rings (SSSR count). The first kappa shape index (κ1) is 13.9. The lowest BCUT2D eigenvalue weighted by molar-refractivity contribution is 0.515. The Morgan fingerprint density at radius 3 is 2.83 bits per heavy atom. The van der Waals surface area contributed by atoms with E-state index >= 15 is 0 Å². The number of aromatic nitrogens is 3. The fraction of sp³-hybridized carbons (Fsp3) is 0.118. The molecule has 114 valence electrons. The first-order valence-corrected chi connectivity index (χ1v) is 8.08. The van der Waals surface area contributed by atoms with Gasteiger partial charge in [0.15, 0.2) is 5.13 Å². The third-order valence-corrected chi connectivity index (χ3v) is 4.40. The number of benzene rings is 2. The Bertz CT molecular complexity index is 946. The van der Waals surface area contributed by atoms with Gasteiger partial charge >= 0.3 is 0 Å². The molecular formula is C17H14N4OS. The van der Waals surface area contributed by atoms with E-state index in [-0.39, 0.29) is 0 Å². The van der Waals surface area contributed by atoms with Crippen molar-refractivity contribution in [2.24, 2.45) is 0 Å². The number of nitrogens with zero attached hydrogens (tertiary/aromatic N) is 3. The van der Waals surface area contributed by atoms with E-state index in [2.05, 4.69) is 39.6 Å². The van der Waals surface area contributed by atoms with E-state index < -0.39 is 0 Å². The van der Waals surface area contributed by atoms with Crippen molar-refractivity contribution in [1.82, 2.24) is 15.2 Å². The monoisotopic (exact) mass is 322 g/mol. The van der Waals surface area contributed by atoms with Crippen LogP contribution >= 0.6 is 11.3 Å². The average Bonchev–Trinajstić information content (AvgIpc) is 3.20. The molecule has 6 heteroatoms. The fourth-order valence-electron chi connectivity index (χ4n) is 2.28. The van der Waals surface area contributed by atoms with Gasteiger partial charge in [0.05, 0.1) is 16.8 Å². The van der Waals surface area contributed by atoms with Crippen molar-refractivity contribution < 1.29 is 4.42 Å². The molecule has 23 heavy (non-hydrogen) atoms. The molecule has 0 saturated carbocycles. The van der Waals surface area contributed by atoms with Gasteiger partial charge in [-0.2, -0.15) is 0 Å². The van der Waals surface area contributed by atoms with Crippen molar-refractivity contribution in [3.63, 3.8) is 0 Å². The summed E-state index contributed by atoms with van der Waals surface area (Å²) in [5, 5.41) is 12.3. The van der Waals surface area contributed by atoms with Gasteiger partial charge in [0.1, 0.15) is 0 Å². The minimum Gasteiger partial charge on any atom is -0.419 e. The van der Waals surface area contributed by atoms with Crippen molar-refractivity contribution in [2.45, 2.75) is 13.5 Å². The minimum absolute atomic E-state index is 0.457. The maximum absolute atomic E-state index is 5.68. The van der Waals surface area contributed by atoms with E-state index in [4.69, 9.17) is 4.42 Å². The molecule has 0 aliphatic carbocycles. The molecule has 2 heterocycles. The molecule has 4 aromatic rings. The largest absolute Gasteiger partial charge is 0.419 e. The van der Waals surface area contributed by atoms with Gasteiger partial charge in [-0.3, -0.25) is 0 Å². The second-order valence-electron chi connectivity index (χ2n) is 5.21. The zero-order chi connectivity index (χ0) is 15.6. The highest BCUT2D eigenvalue weighted by molar-refractivity contribution is 7.22. The van der Waals surface area contributed by atoms with Crippen LogP contribution in [0.4, 0.5) is 5.13 Å². The van der Waals surface area contributed by atoms with E-state index in [1.807, 2.05) is 36.4 Å². The van der Waals surface area contributed by atoms with Crippen molar-refractivity contribution in [1.29, 1.82) is 0 Å². The van der Waals surface area contributed by atoms with E-state index in [0.717, 1.165) is 16.2 Å². The highest BCUT2D eigenvalue weighted by atomic mass is 32.1. The van der Waals surface area contributed by atoms with E-state index in [1.54, 1.807) is 11.3 Å². The normalized spacial score (nSPS) is 11.0. The van der Waals surface area contributed by atoms with Crippen LogP contribution in [-0.4, -0.2) is 15.2 Å². The molecule has 2 aromatic carbocycles. The summed E-state index contributed by atoms with van der Waals surface area (Å²) < 4.78 is 6.85. The lowest BCUT2D eigenvalue weighted by Gasteiger charge is -1.96. The average molecular weight is 322 g/mol. The van der Waals surface area contributed by atoms with Gasteiger partial charge in [0.25, 0.3) is 0 Å². The lowest BCUT2D eigenvalue weighted by atomic mass is 10.2. The molecule has 0 unspecified atom stereocenters. The van der Waals surface area contributed by atoms with Gasteiger partial charge in [-0.1, -0.05) is 35.6 Å². The Labute approximate surface area is 137 Å². The summed E-state index contributed by atoms with van der Waals surface area (Å²) >= 11 is 1.62. The summed E-state index contributed by atoms with van der Waals surface area (Å²) in [4.78, 5) is 4.55. The summed E-state index contributed by atoms with van der Waals surface area (Å²) in [6, 6.07) is 16.0. The third-order valence-electron chi connectivity index (χ3n) is 3.42. The van der Waals surface area contributed by atoms with Crippen molar-refractivity contribution in [3.05, 3.63) is 60.0 Å². The smallest absolute Gasteiger partial charge is 0.247 e. The van der Waals surface area contributed by atoms with E-state index in [0.29, 0.717) is 18.3 Å². The predicted octanol–water partition coefficient (Wildman–Crippen LogP) is 4.27. The van der Waals surface area contributed by atoms with Crippen molar-refractivity contribution >= 4 is 26.7 Å². The maximum Gasteiger partial charge on any atom is 0.247 e. The molecular weight excluding hydrogens is 308 g/mol. The molecule has 0 atom stereocenters. The first-order valence-electron chi connectivity index (χ1n) is 7.27. The van der Waals surface area contributed by atoms with Gasteiger partial charge in [-0.15, -0.1) is 10.2 Å². The number of fused-ring (bicyclic) bond motifs is 1. The Hall–Kier alpha value is -2.73. The SMILES string of the molecule is Cc1ccc2nc(NCc3nnc(-c4ccccc4)o3)sc2c1. The summed E-state index contributed by atoms with van der Waals surface area (Å²) in [5.74, 6) is 1.07. The third kappa shape index (κ3) is 2.93. The van der Waals surface area contributed by atoms with E-state index in [9.17, 15) is 0 Å². The second-order valence-corrected chi connectivity index (χ2v) is 6.24. The Balaban J connectivity index is 1.49. The molecule has 2 aromatic heterocycles. The number of thiazole rings is 1. The molecule has 0 spiro atoms. The Morgan fingerprint density at radius 2 is 1.96 bits per heavy atom. The van der Waals surface area contributed by atoms with Crippen LogP contribution in [0, 0.1) is 6.92 Å². The van der Waals surface area contributed by atoms with Crippen LogP contribution in [0.2, 0.25) is 0 Å². The van der Waals surface area contributed by atoms with Gasteiger partial charge in [-0.25, -0.2) is 4.98 Å². The summed E-state index contributed by atoms with van der Waals surface area (Å²) in [5.41, 5.74) is 3.15. The fourth-order valence-corrected chi connectivity index (χ4v) is 3.24. The summed E-state index contributed by atoms with van der Waals surface area (Å²) in [6.07, 6.45) is 0. The molecule has 1 N–H and O–H groups in total. The number of anilines is 1. The highest BCUT2D eigenvalue weighted by Gasteiger charge is 2.09. The molecule has 0 fully saturated rings. The predicted molar refractivity (Wildman–Crippen MR) is 91.4 cm³/mol. The summed E-state index contributed by atoms with van der Waals surface area (Å²) in [7, 11) is 0. The standard InChI is InChI=1S/C17H14N4OS/c1-11-7-8-13-14(9-11)23-17(19-13)18-10-15-20-21-16(22-15)12-5-3-2-4-6-12/h2-9H,10H2,1H3,(H,18,19). The molecule has 5 nitrogen and oxygen atoms in total. The second kappa shape index (κ2) is 5.81. The summed E-state index contributed by atoms with van der Waals surface area (Å²) in [6.45, 7) is 2.54. The quantitative estimate of drug-likeness (QED) is 0.608. The van der Waals surface area contributed by atoms with Crippen LogP contribution in [0.5, 0.6) is 0 Å². The van der Waals surface area contributed by atoms with Gasteiger partial charge in [0, 0.05) is 5.56 Å². The lowest BCUT2D eigenvalue weighted by Crippen LogP contribution is -1.98. The van der Waals surface area contributed by atoms with Gasteiger partial charge < -0.3 is 9.73 Å². The number of aryl methyl sites for hydroxylation is 1. The molecule has 0 aliphatic heterocycles. The van der Waals surface area contributed by atoms with Gasteiger partial charge in [-0.05, 0) is 36.8 Å². The van der Waals surface area contributed by atoms with Crippen LogP contribution in [0.15, 0.2) is 52.9 Å².